The summed E-state index contributed by atoms with van der Waals surface area (Å²) in [7, 11) is 0. The molecule has 0 radical (unpaired) electrons. The number of piperazine rings is 1. The van der Waals surface area contributed by atoms with Crippen LogP contribution in [0.1, 0.15) is 16.1 Å². The minimum absolute atomic E-state index is 0.0423. The third-order valence-electron chi connectivity index (χ3n) is 5.54. The fourth-order valence-electron chi connectivity index (χ4n) is 3.90. The Morgan fingerprint density at radius 3 is 2.68 bits per heavy atom. The van der Waals surface area contributed by atoms with Crippen LogP contribution in [-0.2, 0) is 0 Å². The van der Waals surface area contributed by atoms with Gasteiger partial charge in [-0.15, -0.1) is 0 Å². The first kappa shape index (κ1) is 20.2. The molecule has 2 aromatic heterocycles. The molecule has 31 heavy (non-hydrogen) atoms. The summed E-state index contributed by atoms with van der Waals surface area (Å²) >= 11 is 7.76. The van der Waals surface area contributed by atoms with E-state index < -0.39 is 0 Å². The number of benzene rings is 2. The number of aromatic nitrogens is 2. The lowest BCUT2D eigenvalue weighted by atomic mass is 10.0. The van der Waals surface area contributed by atoms with E-state index in [9.17, 15) is 4.79 Å². The molecular formula is C23H21ClN4O2S. The molecule has 0 spiro atoms. The highest BCUT2D eigenvalue weighted by Crippen LogP contribution is 2.31. The molecule has 1 aliphatic heterocycles. The zero-order valence-corrected chi connectivity index (χ0v) is 18.6. The molecule has 0 saturated carbocycles. The van der Waals surface area contributed by atoms with Crippen molar-refractivity contribution in [1.82, 2.24) is 15.0 Å². The van der Waals surface area contributed by atoms with Crippen molar-refractivity contribution in [3.63, 3.8) is 0 Å². The van der Waals surface area contributed by atoms with Crippen molar-refractivity contribution in [3.05, 3.63) is 64.9 Å². The molecule has 3 heterocycles. The van der Waals surface area contributed by atoms with Gasteiger partial charge in [-0.25, -0.2) is 4.98 Å². The first-order valence-corrected chi connectivity index (χ1v) is 11.4. The van der Waals surface area contributed by atoms with Crippen LogP contribution in [0.4, 0.5) is 5.13 Å². The van der Waals surface area contributed by atoms with Crippen LogP contribution in [0.25, 0.3) is 21.5 Å². The minimum Gasteiger partial charge on any atom is -0.360 e. The van der Waals surface area contributed by atoms with Gasteiger partial charge in [0.05, 0.1) is 22.3 Å². The van der Waals surface area contributed by atoms with Crippen molar-refractivity contribution in [3.8, 4) is 11.3 Å². The lowest BCUT2D eigenvalue weighted by Crippen LogP contribution is -2.48. The number of fused-ring (bicyclic) bond motifs is 1. The average Bonchev–Trinajstić information content (AvgIpc) is 3.38. The van der Waals surface area contributed by atoms with Crippen LogP contribution in [0.5, 0.6) is 0 Å². The van der Waals surface area contributed by atoms with Gasteiger partial charge in [0.15, 0.2) is 10.9 Å². The number of anilines is 1. The number of carbonyl (C=O) groups excluding carboxylic acids is 1. The van der Waals surface area contributed by atoms with E-state index in [1.165, 1.54) is 0 Å². The van der Waals surface area contributed by atoms with Crippen LogP contribution in [-0.4, -0.2) is 53.5 Å². The summed E-state index contributed by atoms with van der Waals surface area (Å²) in [4.78, 5) is 22.3. The molecular weight excluding hydrogens is 432 g/mol. The Labute approximate surface area is 189 Å². The van der Waals surface area contributed by atoms with Crippen LogP contribution in [0.15, 0.2) is 53.1 Å². The van der Waals surface area contributed by atoms with Gasteiger partial charge in [0.2, 0.25) is 0 Å². The van der Waals surface area contributed by atoms with Crippen molar-refractivity contribution in [2.24, 2.45) is 0 Å². The highest BCUT2D eigenvalue weighted by Gasteiger charge is 2.26. The molecule has 0 bridgehead atoms. The predicted octanol–water partition coefficient (Wildman–Crippen LogP) is 4.92. The summed E-state index contributed by atoms with van der Waals surface area (Å²) in [5.41, 5.74) is 3.02. The van der Waals surface area contributed by atoms with Crippen LogP contribution in [0.2, 0.25) is 5.02 Å². The van der Waals surface area contributed by atoms with Gasteiger partial charge in [0.25, 0.3) is 0 Å². The number of ketones is 1. The Morgan fingerprint density at radius 2 is 1.90 bits per heavy atom. The van der Waals surface area contributed by atoms with Crippen LogP contribution in [0, 0.1) is 6.92 Å². The number of rotatable bonds is 5. The SMILES string of the molecule is Cc1onc(-c2ccccc2)c1C(=O)CN1CCN(c2nc3cc(Cl)ccc3s2)CC1. The highest BCUT2D eigenvalue weighted by molar-refractivity contribution is 7.22. The zero-order valence-electron chi connectivity index (χ0n) is 17.0. The molecule has 2 aromatic carbocycles. The van der Waals surface area contributed by atoms with Gasteiger partial charge >= 0.3 is 0 Å². The molecule has 1 aliphatic rings. The monoisotopic (exact) mass is 452 g/mol. The average molecular weight is 453 g/mol. The number of hydrogen-bond acceptors (Lipinski definition) is 7. The number of hydrogen-bond donors (Lipinski definition) is 0. The van der Waals surface area contributed by atoms with Gasteiger partial charge in [-0.1, -0.05) is 58.4 Å². The number of nitrogens with zero attached hydrogens (tertiary/aromatic N) is 4. The highest BCUT2D eigenvalue weighted by atomic mass is 35.5. The van der Waals surface area contributed by atoms with Gasteiger partial charge in [-0.2, -0.15) is 0 Å². The Hall–Kier alpha value is -2.74. The summed E-state index contributed by atoms with van der Waals surface area (Å²) in [6, 6.07) is 15.5. The van der Waals surface area contributed by atoms with Gasteiger partial charge in [0, 0.05) is 36.8 Å². The van der Waals surface area contributed by atoms with Gasteiger partial charge < -0.3 is 9.42 Å². The van der Waals surface area contributed by atoms with Crippen molar-refractivity contribution in [2.45, 2.75) is 6.92 Å². The molecule has 1 saturated heterocycles. The summed E-state index contributed by atoms with van der Waals surface area (Å²) in [6.07, 6.45) is 0. The van der Waals surface area contributed by atoms with E-state index in [-0.39, 0.29) is 5.78 Å². The van der Waals surface area contributed by atoms with E-state index >= 15 is 0 Å². The first-order valence-electron chi connectivity index (χ1n) is 10.2. The second kappa shape index (κ2) is 8.42. The zero-order chi connectivity index (χ0) is 21.4. The number of thiazole rings is 1. The molecule has 0 atom stereocenters. The Balaban J connectivity index is 1.26. The van der Waals surface area contributed by atoms with E-state index in [1.54, 1.807) is 18.3 Å². The normalized spacial score (nSPS) is 15.0. The number of carbonyl (C=O) groups is 1. The van der Waals surface area contributed by atoms with E-state index in [1.807, 2.05) is 48.5 Å². The van der Waals surface area contributed by atoms with Crippen LogP contribution in [0.3, 0.4) is 0 Å². The molecule has 0 unspecified atom stereocenters. The van der Waals surface area contributed by atoms with Crippen LogP contribution < -0.4 is 4.90 Å². The molecule has 4 aromatic rings. The second-order valence-electron chi connectivity index (χ2n) is 7.62. The van der Waals surface area contributed by atoms with E-state index in [0.717, 1.165) is 47.1 Å². The summed E-state index contributed by atoms with van der Waals surface area (Å²) in [6.45, 7) is 5.40. The third-order valence-corrected chi connectivity index (χ3v) is 6.87. The molecule has 0 amide bonds. The first-order chi connectivity index (χ1) is 15.1. The lowest BCUT2D eigenvalue weighted by molar-refractivity contribution is 0.0925. The topological polar surface area (TPSA) is 62.5 Å². The van der Waals surface area contributed by atoms with Crippen molar-refractivity contribution in [1.29, 1.82) is 0 Å². The minimum atomic E-state index is 0.0423. The lowest BCUT2D eigenvalue weighted by Gasteiger charge is -2.34. The molecule has 158 valence electrons. The summed E-state index contributed by atoms with van der Waals surface area (Å²) < 4.78 is 6.49. The summed E-state index contributed by atoms with van der Waals surface area (Å²) in [5, 5.41) is 5.84. The molecule has 8 heteroatoms. The maximum absolute atomic E-state index is 13.1. The van der Waals surface area contributed by atoms with Gasteiger partial charge in [-0.05, 0) is 25.1 Å². The van der Waals surface area contributed by atoms with Gasteiger partial charge in [-0.3, -0.25) is 9.69 Å². The third kappa shape index (κ3) is 4.08. The fourth-order valence-corrected chi connectivity index (χ4v) is 5.06. The quantitative estimate of drug-likeness (QED) is 0.400. The molecule has 0 N–H and O–H groups in total. The fraction of sp³-hybridized carbons (Fsp3) is 0.261. The predicted molar refractivity (Wildman–Crippen MR) is 124 cm³/mol. The summed E-state index contributed by atoms with van der Waals surface area (Å²) in [5.74, 6) is 0.608. The largest absolute Gasteiger partial charge is 0.360 e. The van der Waals surface area contributed by atoms with E-state index in [0.29, 0.717) is 28.6 Å². The maximum atomic E-state index is 13.1. The Morgan fingerprint density at radius 1 is 1.13 bits per heavy atom. The second-order valence-corrected chi connectivity index (χ2v) is 9.07. The number of Topliss-reactive ketones (excluding diaryl/α,β-unsaturated/α-hetero) is 1. The van der Waals surface area contributed by atoms with Crippen LogP contribution >= 0.6 is 22.9 Å². The van der Waals surface area contributed by atoms with Crippen molar-refractivity contribution < 1.29 is 9.32 Å². The Kier molecular flexibility index (Phi) is 5.48. The number of aryl methyl sites for hydroxylation is 1. The smallest absolute Gasteiger partial charge is 0.186 e. The molecule has 1 fully saturated rings. The molecule has 6 nitrogen and oxygen atoms in total. The maximum Gasteiger partial charge on any atom is 0.186 e. The molecule has 5 rings (SSSR count). The van der Waals surface area contributed by atoms with E-state index in [2.05, 4.69) is 15.0 Å². The standard InChI is InChI=1S/C23H21ClN4O2S/c1-15-21(22(26-30-15)16-5-3-2-4-6-16)19(29)14-27-9-11-28(12-10-27)23-25-18-13-17(24)7-8-20(18)31-23/h2-8,13H,9-12,14H2,1H3. The van der Waals surface area contributed by atoms with Crippen molar-refractivity contribution >= 4 is 44.1 Å². The molecule has 0 aliphatic carbocycles. The number of halogens is 1. The van der Waals surface area contributed by atoms with Gasteiger partial charge in [0.1, 0.15) is 11.5 Å². The Bertz CT molecular complexity index is 1230. The van der Waals surface area contributed by atoms with E-state index in [4.69, 9.17) is 21.1 Å². The van der Waals surface area contributed by atoms with Crippen molar-refractivity contribution in [2.75, 3.05) is 37.6 Å².